The normalized spacial score (nSPS) is 11.7. The second kappa shape index (κ2) is 6.57. The molecule has 26 heavy (non-hydrogen) atoms. The van der Waals surface area contributed by atoms with Gasteiger partial charge in [-0.25, -0.2) is 12.8 Å². The molecule has 0 atom stereocenters. The first-order chi connectivity index (χ1) is 12.2. The Bertz CT molecular complexity index is 1170. The maximum absolute atomic E-state index is 13.6. The van der Waals surface area contributed by atoms with E-state index in [0.717, 1.165) is 0 Å². The molecular weight excluding hydrogens is 357 g/mol. The highest BCUT2D eigenvalue weighted by molar-refractivity contribution is 7.89. The Hall–Kier alpha value is -2.67. The summed E-state index contributed by atoms with van der Waals surface area (Å²) in [7, 11) is -0.105. The van der Waals surface area contributed by atoms with Crippen molar-refractivity contribution in [3.63, 3.8) is 0 Å². The molecule has 2 aromatic carbocycles. The number of nitrogens with zero attached hydrogens (tertiary/aromatic N) is 1. The molecule has 0 unspecified atom stereocenters. The molecule has 0 saturated heterocycles. The number of hydrogen-bond donors (Lipinski definition) is 0. The fourth-order valence-corrected chi connectivity index (χ4v) is 3.80. The summed E-state index contributed by atoms with van der Waals surface area (Å²) >= 11 is 0. The molecule has 5 nitrogen and oxygen atoms in total. The number of pyridine rings is 1. The Balaban J connectivity index is 2.34. The Morgan fingerprint density at radius 3 is 2.46 bits per heavy atom. The van der Waals surface area contributed by atoms with Gasteiger partial charge >= 0.3 is 0 Å². The molecule has 0 radical (unpaired) electrons. The number of aryl methyl sites for hydroxylation is 1. The second-order valence-electron chi connectivity index (χ2n) is 6.25. The first kappa shape index (κ1) is 18.1. The van der Waals surface area contributed by atoms with Gasteiger partial charge in [0, 0.05) is 30.6 Å². The second-order valence-corrected chi connectivity index (χ2v) is 8.39. The van der Waals surface area contributed by atoms with E-state index in [4.69, 9.17) is 4.74 Å². The topological polar surface area (TPSA) is 65.4 Å². The number of aromatic nitrogens is 1. The lowest BCUT2D eigenvalue weighted by molar-refractivity contribution is 0.416. The minimum atomic E-state index is -3.20. The van der Waals surface area contributed by atoms with Crippen LogP contribution in [-0.2, 0) is 22.6 Å². The summed E-state index contributed by atoms with van der Waals surface area (Å²) in [6, 6.07) is 9.14. The fourth-order valence-electron chi connectivity index (χ4n) is 3.01. The SMILES string of the molecule is COc1ccc(CS(C)(=O)=O)cc1-c1cn(C)c(=O)c2cc(F)ccc12. The van der Waals surface area contributed by atoms with Crippen LogP contribution in [0.25, 0.3) is 21.9 Å². The van der Waals surface area contributed by atoms with E-state index < -0.39 is 15.7 Å². The first-order valence-corrected chi connectivity index (χ1v) is 9.89. The molecule has 0 amide bonds. The van der Waals surface area contributed by atoms with E-state index in [1.807, 2.05) is 0 Å². The van der Waals surface area contributed by atoms with Crippen LogP contribution in [0, 0.1) is 5.82 Å². The highest BCUT2D eigenvalue weighted by atomic mass is 32.2. The van der Waals surface area contributed by atoms with Crippen LogP contribution in [-0.4, -0.2) is 26.4 Å². The van der Waals surface area contributed by atoms with Gasteiger partial charge in [-0.2, -0.15) is 0 Å². The van der Waals surface area contributed by atoms with Crippen LogP contribution in [0.15, 0.2) is 47.4 Å². The summed E-state index contributed by atoms with van der Waals surface area (Å²) in [6.07, 6.45) is 2.81. The van der Waals surface area contributed by atoms with Gasteiger partial charge in [-0.15, -0.1) is 0 Å². The summed E-state index contributed by atoms with van der Waals surface area (Å²) in [4.78, 5) is 12.4. The zero-order chi connectivity index (χ0) is 19.1. The van der Waals surface area contributed by atoms with Crippen LogP contribution in [0.4, 0.5) is 4.39 Å². The molecule has 0 aliphatic carbocycles. The molecule has 0 spiro atoms. The van der Waals surface area contributed by atoms with E-state index in [9.17, 15) is 17.6 Å². The van der Waals surface area contributed by atoms with E-state index in [0.29, 0.717) is 27.8 Å². The highest BCUT2D eigenvalue weighted by Gasteiger charge is 2.15. The van der Waals surface area contributed by atoms with E-state index >= 15 is 0 Å². The zero-order valence-electron chi connectivity index (χ0n) is 14.6. The van der Waals surface area contributed by atoms with Gasteiger partial charge in [0.1, 0.15) is 11.6 Å². The minimum absolute atomic E-state index is 0.109. The summed E-state index contributed by atoms with van der Waals surface area (Å²) in [5.74, 6) is -0.0708. The maximum Gasteiger partial charge on any atom is 0.258 e. The Kier molecular flexibility index (Phi) is 4.58. The van der Waals surface area contributed by atoms with E-state index in [1.54, 1.807) is 37.5 Å². The zero-order valence-corrected chi connectivity index (χ0v) is 15.4. The Labute approximate surface area is 150 Å². The van der Waals surface area contributed by atoms with Gasteiger partial charge in [0.05, 0.1) is 18.2 Å². The van der Waals surface area contributed by atoms with Gasteiger partial charge in [0.25, 0.3) is 5.56 Å². The minimum Gasteiger partial charge on any atom is -0.496 e. The number of ether oxygens (including phenoxy) is 1. The largest absolute Gasteiger partial charge is 0.496 e. The lowest BCUT2D eigenvalue weighted by Crippen LogP contribution is -2.16. The number of benzene rings is 2. The average molecular weight is 375 g/mol. The third-order valence-electron chi connectivity index (χ3n) is 4.13. The first-order valence-electron chi connectivity index (χ1n) is 7.83. The fraction of sp³-hybridized carbons (Fsp3) is 0.211. The Morgan fingerprint density at radius 2 is 1.81 bits per heavy atom. The lowest BCUT2D eigenvalue weighted by Gasteiger charge is -2.14. The molecular formula is C19H18FNO4S. The quantitative estimate of drug-likeness (QED) is 0.703. The van der Waals surface area contributed by atoms with Crippen LogP contribution >= 0.6 is 0 Å². The van der Waals surface area contributed by atoms with Gasteiger partial charge in [-0.1, -0.05) is 12.1 Å². The monoisotopic (exact) mass is 375 g/mol. The van der Waals surface area contributed by atoms with Crippen molar-refractivity contribution in [1.29, 1.82) is 0 Å². The smallest absolute Gasteiger partial charge is 0.258 e. The van der Waals surface area contributed by atoms with Gasteiger partial charge in [0.2, 0.25) is 0 Å². The third-order valence-corrected chi connectivity index (χ3v) is 4.99. The summed E-state index contributed by atoms with van der Waals surface area (Å²) in [5.41, 5.74) is 1.59. The molecule has 3 rings (SSSR count). The van der Waals surface area contributed by atoms with Crippen molar-refractivity contribution in [3.05, 3.63) is 64.3 Å². The van der Waals surface area contributed by atoms with E-state index in [2.05, 4.69) is 0 Å². The van der Waals surface area contributed by atoms with Gasteiger partial charge in [-0.3, -0.25) is 4.79 Å². The molecule has 0 N–H and O–H groups in total. The Morgan fingerprint density at radius 1 is 1.08 bits per heavy atom. The van der Waals surface area contributed by atoms with Crippen molar-refractivity contribution in [1.82, 2.24) is 4.57 Å². The van der Waals surface area contributed by atoms with Crippen molar-refractivity contribution in [2.45, 2.75) is 5.75 Å². The molecule has 0 fully saturated rings. The average Bonchev–Trinajstić information content (AvgIpc) is 2.57. The van der Waals surface area contributed by atoms with Crippen LogP contribution in [0.3, 0.4) is 0 Å². The molecule has 1 heterocycles. The highest BCUT2D eigenvalue weighted by Crippen LogP contribution is 2.35. The van der Waals surface area contributed by atoms with Gasteiger partial charge in [0.15, 0.2) is 9.84 Å². The van der Waals surface area contributed by atoms with Crippen molar-refractivity contribution >= 4 is 20.6 Å². The lowest BCUT2D eigenvalue weighted by atomic mass is 9.98. The van der Waals surface area contributed by atoms with Crippen molar-refractivity contribution in [2.24, 2.45) is 7.05 Å². The van der Waals surface area contributed by atoms with E-state index in [1.165, 1.54) is 30.1 Å². The maximum atomic E-state index is 13.6. The molecule has 136 valence electrons. The number of fused-ring (bicyclic) bond motifs is 1. The standard InChI is InChI=1S/C19H18FNO4S/c1-21-10-17(14-6-5-13(20)9-16(14)19(21)22)15-8-12(11-26(3,23)24)4-7-18(15)25-2/h4-10H,11H2,1-3H3. The molecule has 0 saturated carbocycles. The molecule has 0 aliphatic rings. The summed E-state index contributed by atoms with van der Waals surface area (Å²) in [6.45, 7) is 0. The van der Waals surface area contributed by atoms with Gasteiger partial charge in [-0.05, 0) is 35.2 Å². The van der Waals surface area contributed by atoms with Crippen LogP contribution < -0.4 is 10.3 Å². The number of hydrogen-bond acceptors (Lipinski definition) is 4. The summed E-state index contributed by atoms with van der Waals surface area (Å²) in [5, 5.41) is 0.824. The molecule has 7 heteroatoms. The van der Waals surface area contributed by atoms with Crippen molar-refractivity contribution in [3.8, 4) is 16.9 Å². The summed E-state index contributed by atoms with van der Waals surface area (Å²) < 4.78 is 43.7. The van der Waals surface area contributed by atoms with Crippen molar-refractivity contribution < 1.29 is 17.5 Å². The van der Waals surface area contributed by atoms with E-state index in [-0.39, 0.29) is 16.7 Å². The third kappa shape index (κ3) is 3.48. The molecule has 3 aromatic rings. The predicted octanol–water partition coefficient (Wildman–Crippen LogP) is 2.90. The molecule has 0 aliphatic heterocycles. The number of rotatable bonds is 4. The van der Waals surface area contributed by atoms with Crippen molar-refractivity contribution in [2.75, 3.05) is 13.4 Å². The predicted molar refractivity (Wildman–Crippen MR) is 99.7 cm³/mol. The molecule has 0 bridgehead atoms. The number of halogens is 1. The number of sulfone groups is 1. The molecule has 1 aromatic heterocycles. The van der Waals surface area contributed by atoms with Gasteiger partial charge < -0.3 is 9.30 Å². The van der Waals surface area contributed by atoms with Crippen LogP contribution in [0.1, 0.15) is 5.56 Å². The number of methoxy groups -OCH3 is 1. The van der Waals surface area contributed by atoms with Crippen LogP contribution in [0.2, 0.25) is 0 Å². The van der Waals surface area contributed by atoms with Crippen LogP contribution in [0.5, 0.6) is 5.75 Å².